The molecule has 154 valence electrons. The van der Waals surface area contributed by atoms with Gasteiger partial charge >= 0.3 is 6.03 Å². The Morgan fingerprint density at radius 2 is 1.87 bits per heavy atom. The van der Waals surface area contributed by atoms with Crippen LogP contribution in [0.3, 0.4) is 0 Å². The van der Waals surface area contributed by atoms with Gasteiger partial charge in [-0.05, 0) is 55.8 Å². The van der Waals surface area contributed by atoms with Gasteiger partial charge in [0.2, 0.25) is 5.82 Å². The fraction of sp³-hybridized carbons (Fsp3) is 0.227. The van der Waals surface area contributed by atoms with E-state index in [1.165, 1.54) is 12.1 Å². The summed E-state index contributed by atoms with van der Waals surface area (Å²) in [4.78, 5) is 18.8. The Bertz CT molecular complexity index is 1090. The molecule has 4 rings (SSSR count). The number of nitrogens with zero attached hydrogens (tertiary/aromatic N) is 3. The number of nitrogens with one attached hydrogen (secondary N) is 1. The van der Waals surface area contributed by atoms with Gasteiger partial charge in [-0.15, -0.1) is 0 Å². The summed E-state index contributed by atoms with van der Waals surface area (Å²) in [5, 5.41) is 7.07. The SMILES string of the molecule is CCN1C(=O)NC(c2ccc(OC)cc2)C(c2nc(-c3ccc(F)cc3)no2)=C1C. The largest absolute Gasteiger partial charge is 0.497 e. The van der Waals surface area contributed by atoms with Crippen molar-refractivity contribution >= 4 is 11.6 Å². The van der Waals surface area contributed by atoms with E-state index in [1.54, 1.807) is 24.1 Å². The molecular weight excluding hydrogens is 387 g/mol. The predicted molar refractivity (Wildman–Crippen MR) is 109 cm³/mol. The molecule has 0 fully saturated rings. The second kappa shape index (κ2) is 7.98. The summed E-state index contributed by atoms with van der Waals surface area (Å²) in [6, 6.07) is 12.6. The van der Waals surface area contributed by atoms with E-state index in [0.717, 1.165) is 17.0 Å². The topological polar surface area (TPSA) is 80.5 Å². The van der Waals surface area contributed by atoms with Gasteiger partial charge < -0.3 is 14.6 Å². The molecule has 0 radical (unpaired) electrons. The number of methoxy groups -OCH3 is 1. The first-order valence-electron chi connectivity index (χ1n) is 9.54. The van der Waals surface area contributed by atoms with Crippen LogP contribution >= 0.6 is 0 Å². The molecule has 1 atom stereocenters. The van der Waals surface area contributed by atoms with Crippen LogP contribution in [-0.4, -0.2) is 34.7 Å². The molecular formula is C22H21FN4O3. The Morgan fingerprint density at radius 1 is 1.17 bits per heavy atom. The van der Waals surface area contributed by atoms with Crippen molar-refractivity contribution in [3.63, 3.8) is 0 Å². The number of carbonyl (C=O) groups excluding carboxylic acids is 1. The number of ether oxygens (including phenoxy) is 1. The first-order valence-corrected chi connectivity index (χ1v) is 9.54. The quantitative estimate of drug-likeness (QED) is 0.677. The van der Waals surface area contributed by atoms with Crippen LogP contribution in [0.5, 0.6) is 5.75 Å². The van der Waals surface area contributed by atoms with E-state index in [1.807, 2.05) is 38.1 Å². The van der Waals surface area contributed by atoms with Crippen molar-refractivity contribution in [3.8, 4) is 17.1 Å². The molecule has 2 amide bonds. The maximum absolute atomic E-state index is 13.2. The van der Waals surface area contributed by atoms with Crippen molar-refractivity contribution in [2.75, 3.05) is 13.7 Å². The molecule has 3 aromatic rings. The van der Waals surface area contributed by atoms with Gasteiger partial charge in [-0.2, -0.15) is 4.98 Å². The lowest BCUT2D eigenvalue weighted by Crippen LogP contribution is -2.45. The molecule has 8 heteroatoms. The number of hydrogen-bond donors (Lipinski definition) is 1. The van der Waals surface area contributed by atoms with E-state index in [2.05, 4.69) is 15.5 Å². The van der Waals surface area contributed by atoms with Crippen LogP contribution < -0.4 is 10.1 Å². The first-order chi connectivity index (χ1) is 14.5. The molecule has 30 heavy (non-hydrogen) atoms. The average Bonchev–Trinajstić information content (AvgIpc) is 3.24. The molecule has 1 aliphatic rings. The van der Waals surface area contributed by atoms with E-state index in [0.29, 0.717) is 29.4 Å². The maximum Gasteiger partial charge on any atom is 0.322 e. The summed E-state index contributed by atoms with van der Waals surface area (Å²) >= 11 is 0. The summed E-state index contributed by atoms with van der Waals surface area (Å²) in [7, 11) is 1.60. The minimum Gasteiger partial charge on any atom is -0.497 e. The zero-order valence-electron chi connectivity index (χ0n) is 16.8. The number of rotatable bonds is 5. The van der Waals surface area contributed by atoms with Gasteiger partial charge in [-0.1, -0.05) is 17.3 Å². The number of allylic oxidation sites excluding steroid dienone is 1. The third-order valence-corrected chi connectivity index (χ3v) is 5.12. The third-order valence-electron chi connectivity index (χ3n) is 5.12. The maximum atomic E-state index is 13.2. The van der Waals surface area contributed by atoms with Crippen molar-refractivity contribution in [1.29, 1.82) is 0 Å². The van der Waals surface area contributed by atoms with Gasteiger partial charge in [0.25, 0.3) is 5.89 Å². The van der Waals surface area contributed by atoms with Crippen LogP contribution in [0.1, 0.15) is 31.3 Å². The second-order valence-electron chi connectivity index (χ2n) is 6.83. The molecule has 0 aliphatic carbocycles. The number of halogens is 1. The molecule has 2 aromatic carbocycles. The van der Waals surface area contributed by atoms with E-state index < -0.39 is 6.04 Å². The number of amides is 2. The number of benzene rings is 2. The lowest BCUT2D eigenvalue weighted by atomic mass is 9.94. The standard InChI is InChI=1S/C22H21FN4O3/c1-4-27-13(2)18(19(24-22(27)28)14-7-11-17(29-3)12-8-14)21-25-20(26-30-21)15-5-9-16(23)10-6-15/h5-12,19H,4H2,1-3H3,(H,24,28). The van der Waals surface area contributed by atoms with Crippen molar-refractivity contribution in [2.24, 2.45) is 0 Å². The molecule has 0 saturated heterocycles. The van der Waals surface area contributed by atoms with E-state index in [-0.39, 0.29) is 11.8 Å². The molecule has 7 nitrogen and oxygen atoms in total. The fourth-order valence-corrected chi connectivity index (χ4v) is 3.53. The van der Waals surface area contributed by atoms with Crippen LogP contribution in [0.2, 0.25) is 0 Å². The predicted octanol–water partition coefficient (Wildman–Crippen LogP) is 4.40. The molecule has 0 spiro atoms. The minimum absolute atomic E-state index is 0.196. The lowest BCUT2D eigenvalue weighted by molar-refractivity contribution is 0.207. The van der Waals surface area contributed by atoms with Crippen molar-refractivity contribution in [3.05, 3.63) is 71.5 Å². The Labute approximate surface area is 173 Å². The zero-order valence-corrected chi connectivity index (χ0v) is 16.8. The number of urea groups is 1. The van der Waals surface area contributed by atoms with Crippen LogP contribution in [0.25, 0.3) is 17.0 Å². The van der Waals surface area contributed by atoms with Gasteiger partial charge in [0.1, 0.15) is 11.6 Å². The van der Waals surface area contributed by atoms with E-state index in [4.69, 9.17) is 9.26 Å². The van der Waals surface area contributed by atoms with Crippen LogP contribution in [-0.2, 0) is 0 Å². The van der Waals surface area contributed by atoms with Crippen molar-refractivity contribution < 1.29 is 18.4 Å². The highest BCUT2D eigenvalue weighted by atomic mass is 19.1. The van der Waals surface area contributed by atoms with Crippen molar-refractivity contribution in [1.82, 2.24) is 20.4 Å². The molecule has 1 unspecified atom stereocenters. The normalized spacial score (nSPS) is 16.6. The monoisotopic (exact) mass is 408 g/mol. The first kappa shape index (κ1) is 19.6. The Morgan fingerprint density at radius 3 is 2.50 bits per heavy atom. The van der Waals surface area contributed by atoms with E-state index >= 15 is 0 Å². The highest BCUT2D eigenvalue weighted by molar-refractivity contribution is 5.86. The van der Waals surface area contributed by atoms with Crippen LogP contribution in [0.15, 0.2) is 58.8 Å². The molecule has 1 aliphatic heterocycles. The van der Waals surface area contributed by atoms with Gasteiger partial charge in [-0.25, -0.2) is 9.18 Å². The van der Waals surface area contributed by atoms with Gasteiger partial charge in [0, 0.05) is 17.8 Å². The van der Waals surface area contributed by atoms with E-state index in [9.17, 15) is 9.18 Å². The summed E-state index contributed by atoms with van der Waals surface area (Å²) in [5.41, 5.74) is 2.94. The second-order valence-corrected chi connectivity index (χ2v) is 6.83. The number of aromatic nitrogens is 2. The van der Waals surface area contributed by atoms with Gasteiger partial charge in [0.15, 0.2) is 0 Å². The Balaban J connectivity index is 1.79. The van der Waals surface area contributed by atoms with Crippen LogP contribution in [0, 0.1) is 5.82 Å². The van der Waals surface area contributed by atoms with Gasteiger partial charge in [0.05, 0.1) is 18.7 Å². The third kappa shape index (κ3) is 3.52. The molecule has 1 N–H and O–H groups in total. The summed E-state index contributed by atoms with van der Waals surface area (Å²) in [6.45, 7) is 4.25. The average molecular weight is 408 g/mol. The van der Waals surface area contributed by atoms with Gasteiger partial charge in [-0.3, -0.25) is 4.90 Å². The highest BCUT2D eigenvalue weighted by Gasteiger charge is 2.35. The smallest absolute Gasteiger partial charge is 0.322 e. The van der Waals surface area contributed by atoms with Crippen LogP contribution in [0.4, 0.5) is 9.18 Å². The summed E-state index contributed by atoms with van der Waals surface area (Å²) in [5.74, 6) is 1.02. The lowest BCUT2D eigenvalue weighted by Gasteiger charge is -2.34. The number of carbonyl (C=O) groups is 1. The fourth-order valence-electron chi connectivity index (χ4n) is 3.53. The molecule has 1 aromatic heterocycles. The summed E-state index contributed by atoms with van der Waals surface area (Å²) in [6.07, 6.45) is 0. The molecule has 0 saturated carbocycles. The molecule has 0 bridgehead atoms. The highest BCUT2D eigenvalue weighted by Crippen LogP contribution is 2.37. The van der Waals surface area contributed by atoms with Crippen molar-refractivity contribution in [2.45, 2.75) is 19.9 Å². The summed E-state index contributed by atoms with van der Waals surface area (Å²) < 4.78 is 24.0. The zero-order chi connectivity index (χ0) is 21.3. The Kier molecular flexibility index (Phi) is 5.22. The molecule has 2 heterocycles. The Hall–Kier alpha value is -3.68. The number of hydrogen-bond acceptors (Lipinski definition) is 5. The minimum atomic E-state index is -0.465.